The zero-order chi connectivity index (χ0) is 12.4. The van der Waals surface area contributed by atoms with Crippen LogP contribution in [0.1, 0.15) is 24.0 Å². The van der Waals surface area contributed by atoms with Crippen LogP contribution in [0.2, 0.25) is 0 Å². The highest BCUT2D eigenvalue weighted by atomic mass is 32.1. The second-order valence-corrected chi connectivity index (χ2v) is 5.73. The molecular formula is C14H18N2OS. The van der Waals surface area contributed by atoms with Crippen LogP contribution in [-0.4, -0.2) is 25.2 Å². The maximum absolute atomic E-state index is 5.04. The van der Waals surface area contributed by atoms with Gasteiger partial charge in [0, 0.05) is 13.7 Å². The number of hydrogen-bond donors (Lipinski definition) is 1. The maximum atomic E-state index is 5.04. The number of aromatic nitrogens is 1. The minimum absolute atomic E-state index is 0.716. The van der Waals surface area contributed by atoms with Crippen molar-refractivity contribution in [3.63, 3.8) is 0 Å². The lowest BCUT2D eigenvalue weighted by molar-refractivity contribution is 0.211. The van der Waals surface area contributed by atoms with Gasteiger partial charge < -0.3 is 10.1 Å². The average molecular weight is 262 g/mol. The second kappa shape index (κ2) is 5.24. The van der Waals surface area contributed by atoms with Crippen molar-refractivity contribution < 1.29 is 4.74 Å². The van der Waals surface area contributed by atoms with E-state index in [1.807, 2.05) is 0 Å². The van der Waals surface area contributed by atoms with Crippen LogP contribution in [0.5, 0.6) is 0 Å². The molecule has 1 aromatic heterocycles. The van der Waals surface area contributed by atoms with Gasteiger partial charge in [-0.2, -0.15) is 0 Å². The molecular weight excluding hydrogens is 244 g/mol. The van der Waals surface area contributed by atoms with E-state index in [9.17, 15) is 0 Å². The van der Waals surface area contributed by atoms with Crippen LogP contribution in [0.25, 0.3) is 10.2 Å². The highest BCUT2D eigenvalue weighted by Gasteiger charge is 2.15. The van der Waals surface area contributed by atoms with Crippen LogP contribution >= 0.6 is 11.3 Å². The molecule has 0 atom stereocenters. The molecule has 1 aliphatic rings. The van der Waals surface area contributed by atoms with Crippen LogP contribution < -0.4 is 5.32 Å². The van der Waals surface area contributed by atoms with E-state index in [4.69, 9.17) is 9.72 Å². The summed E-state index contributed by atoms with van der Waals surface area (Å²) in [4.78, 5) is 4.75. The third-order valence-electron chi connectivity index (χ3n) is 3.47. The van der Waals surface area contributed by atoms with Crippen LogP contribution in [0.4, 0.5) is 5.13 Å². The predicted molar refractivity (Wildman–Crippen MR) is 76.6 cm³/mol. The van der Waals surface area contributed by atoms with Crippen molar-refractivity contribution in [3.8, 4) is 0 Å². The number of ether oxygens (including phenoxy) is 1. The number of nitrogens with one attached hydrogen (secondary N) is 1. The first kappa shape index (κ1) is 11.9. The summed E-state index contributed by atoms with van der Waals surface area (Å²) in [6.45, 7) is 1.53. The molecule has 96 valence electrons. The molecule has 1 heterocycles. The van der Waals surface area contributed by atoms with Gasteiger partial charge in [-0.25, -0.2) is 4.98 Å². The summed E-state index contributed by atoms with van der Waals surface area (Å²) < 4.78 is 6.34. The Hall–Kier alpha value is -1.13. The SMILES string of the molecule is COCCNc1nc2c3c(ccc2s1)CCCC3. The Bertz CT molecular complexity index is 550. The minimum Gasteiger partial charge on any atom is -0.383 e. The molecule has 3 rings (SSSR count). The van der Waals surface area contributed by atoms with Crippen LogP contribution in [0, 0.1) is 0 Å². The number of methoxy groups -OCH3 is 1. The number of benzene rings is 1. The number of hydrogen-bond acceptors (Lipinski definition) is 4. The number of thiazole rings is 1. The molecule has 0 aliphatic heterocycles. The first-order valence-electron chi connectivity index (χ1n) is 6.52. The molecule has 0 amide bonds. The van der Waals surface area contributed by atoms with Gasteiger partial charge in [-0.1, -0.05) is 17.4 Å². The summed E-state index contributed by atoms with van der Waals surface area (Å²) in [5.74, 6) is 0. The molecule has 0 unspecified atom stereocenters. The number of anilines is 1. The van der Waals surface area contributed by atoms with E-state index in [2.05, 4.69) is 17.4 Å². The van der Waals surface area contributed by atoms with Crippen molar-refractivity contribution in [3.05, 3.63) is 23.3 Å². The Morgan fingerprint density at radius 2 is 2.22 bits per heavy atom. The van der Waals surface area contributed by atoms with Crippen molar-refractivity contribution in [2.24, 2.45) is 0 Å². The number of fused-ring (bicyclic) bond motifs is 3. The van der Waals surface area contributed by atoms with Gasteiger partial charge in [0.15, 0.2) is 5.13 Å². The highest BCUT2D eigenvalue weighted by molar-refractivity contribution is 7.22. The number of aryl methyl sites for hydroxylation is 2. The summed E-state index contributed by atoms with van der Waals surface area (Å²) in [5, 5.41) is 4.34. The molecule has 3 nitrogen and oxygen atoms in total. The zero-order valence-corrected chi connectivity index (χ0v) is 11.5. The molecule has 1 aromatic carbocycles. The summed E-state index contributed by atoms with van der Waals surface area (Å²) in [5.41, 5.74) is 4.20. The molecule has 4 heteroatoms. The fourth-order valence-corrected chi connectivity index (χ4v) is 3.48. The quantitative estimate of drug-likeness (QED) is 0.859. The lowest BCUT2D eigenvalue weighted by atomic mass is 9.91. The molecule has 0 fully saturated rings. The van der Waals surface area contributed by atoms with Crippen LogP contribution in [-0.2, 0) is 17.6 Å². The number of nitrogens with zero attached hydrogens (tertiary/aromatic N) is 1. The lowest BCUT2D eigenvalue weighted by Crippen LogP contribution is -2.07. The van der Waals surface area contributed by atoms with Gasteiger partial charge in [0.1, 0.15) is 0 Å². The Labute approximate surface area is 111 Å². The van der Waals surface area contributed by atoms with Crippen molar-refractivity contribution in [2.45, 2.75) is 25.7 Å². The van der Waals surface area contributed by atoms with E-state index >= 15 is 0 Å². The molecule has 0 saturated heterocycles. The fraction of sp³-hybridized carbons (Fsp3) is 0.500. The Balaban J connectivity index is 1.91. The van der Waals surface area contributed by atoms with E-state index in [1.54, 1.807) is 18.4 Å². The Morgan fingerprint density at radius 3 is 3.11 bits per heavy atom. The standard InChI is InChI=1S/C14H18N2OS/c1-17-9-8-15-14-16-13-11-5-3-2-4-10(11)6-7-12(13)18-14/h6-7H,2-5,8-9H2,1H3,(H,15,16). The summed E-state index contributed by atoms with van der Waals surface area (Å²) in [6.07, 6.45) is 5.03. The third kappa shape index (κ3) is 2.22. The van der Waals surface area contributed by atoms with Gasteiger partial charge in [0.25, 0.3) is 0 Å². The fourth-order valence-electron chi connectivity index (χ4n) is 2.56. The van der Waals surface area contributed by atoms with Crippen molar-refractivity contribution >= 4 is 26.7 Å². The van der Waals surface area contributed by atoms with Gasteiger partial charge in [-0.05, 0) is 42.9 Å². The van der Waals surface area contributed by atoms with Crippen molar-refractivity contribution in [1.82, 2.24) is 4.98 Å². The molecule has 1 aliphatic carbocycles. The maximum Gasteiger partial charge on any atom is 0.183 e. The minimum atomic E-state index is 0.716. The molecule has 0 saturated carbocycles. The Kier molecular flexibility index (Phi) is 3.48. The smallest absolute Gasteiger partial charge is 0.183 e. The van der Waals surface area contributed by atoms with Gasteiger partial charge in [0.05, 0.1) is 16.8 Å². The summed E-state index contributed by atoms with van der Waals surface area (Å²) in [7, 11) is 1.72. The third-order valence-corrected chi connectivity index (χ3v) is 4.45. The van der Waals surface area contributed by atoms with Gasteiger partial charge in [-0.15, -0.1) is 0 Å². The lowest BCUT2D eigenvalue weighted by Gasteiger charge is -2.15. The Morgan fingerprint density at radius 1 is 1.33 bits per heavy atom. The summed E-state index contributed by atoms with van der Waals surface area (Å²) in [6, 6.07) is 4.51. The topological polar surface area (TPSA) is 34.1 Å². The van der Waals surface area contributed by atoms with Gasteiger partial charge >= 0.3 is 0 Å². The normalized spacial score (nSPS) is 14.7. The highest BCUT2D eigenvalue weighted by Crippen LogP contribution is 2.33. The molecule has 2 aromatic rings. The first-order valence-corrected chi connectivity index (χ1v) is 7.34. The van der Waals surface area contributed by atoms with E-state index in [-0.39, 0.29) is 0 Å². The molecule has 0 bridgehead atoms. The van der Waals surface area contributed by atoms with E-state index in [1.165, 1.54) is 47.0 Å². The summed E-state index contributed by atoms with van der Waals surface area (Å²) >= 11 is 1.74. The molecule has 0 radical (unpaired) electrons. The zero-order valence-electron chi connectivity index (χ0n) is 10.7. The molecule has 18 heavy (non-hydrogen) atoms. The van der Waals surface area contributed by atoms with E-state index in [0.717, 1.165) is 11.7 Å². The number of rotatable bonds is 4. The average Bonchev–Trinajstić information content (AvgIpc) is 2.82. The van der Waals surface area contributed by atoms with E-state index < -0.39 is 0 Å². The largest absolute Gasteiger partial charge is 0.383 e. The first-order chi connectivity index (χ1) is 8.88. The van der Waals surface area contributed by atoms with Crippen LogP contribution in [0.3, 0.4) is 0 Å². The monoisotopic (exact) mass is 262 g/mol. The molecule has 0 spiro atoms. The van der Waals surface area contributed by atoms with Gasteiger partial charge in [-0.3, -0.25) is 0 Å². The van der Waals surface area contributed by atoms with E-state index in [0.29, 0.717) is 6.61 Å². The van der Waals surface area contributed by atoms with Crippen molar-refractivity contribution in [1.29, 1.82) is 0 Å². The molecule has 1 N–H and O–H groups in total. The predicted octanol–water partition coefficient (Wildman–Crippen LogP) is 3.23. The van der Waals surface area contributed by atoms with Gasteiger partial charge in [0.2, 0.25) is 0 Å². The van der Waals surface area contributed by atoms with Crippen molar-refractivity contribution in [2.75, 3.05) is 25.6 Å². The van der Waals surface area contributed by atoms with Crippen LogP contribution in [0.15, 0.2) is 12.1 Å². The second-order valence-electron chi connectivity index (χ2n) is 4.70.